The Bertz CT molecular complexity index is 510. The lowest BCUT2D eigenvalue weighted by Gasteiger charge is -2.07. The Morgan fingerprint density at radius 3 is 2.00 bits per heavy atom. The fourth-order valence-electron chi connectivity index (χ4n) is 1.78. The summed E-state index contributed by atoms with van der Waals surface area (Å²) in [6.45, 7) is 0.574. The van der Waals surface area contributed by atoms with E-state index in [2.05, 4.69) is 5.32 Å². The van der Waals surface area contributed by atoms with Gasteiger partial charge in [-0.05, 0) is 37.6 Å². The summed E-state index contributed by atoms with van der Waals surface area (Å²) in [7, 11) is 0. The second-order valence-electron chi connectivity index (χ2n) is 4.56. The molecule has 1 aromatic carbocycles. The molecule has 1 aromatic rings. The average molecular weight is 294 g/mol. The number of anilines is 1. The quantitative estimate of drug-likeness (QED) is 0.538. The molecule has 0 heterocycles. The molecule has 21 heavy (non-hydrogen) atoms. The maximum atomic E-state index is 11.7. The Labute approximate surface area is 121 Å². The van der Waals surface area contributed by atoms with Crippen LogP contribution >= 0.6 is 0 Å². The fourth-order valence-corrected chi connectivity index (χ4v) is 1.78. The number of nitrogens with two attached hydrogens (primary N) is 1. The molecule has 0 atom stereocenters. The van der Waals surface area contributed by atoms with Crippen molar-refractivity contribution in [3.63, 3.8) is 0 Å². The molecule has 0 bridgehead atoms. The molecule has 0 aromatic heterocycles. The highest BCUT2D eigenvalue weighted by atomic mass is 16.4. The standard InChI is InChI=1S/C14H18N2O5/c15-5-3-1-2-4-12(17)16-11-7-9(13(18)19)6-10(8-11)14(20)21/h6-8H,1-5,15H2,(H,16,17)(H,18,19)(H,20,21). The summed E-state index contributed by atoms with van der Waals surface area (Å²) in [4.78, 5) is 33.6. The smallest absolute Gasteiger partial charge is 0.335 e. The number of carbonyl (C=O) groups is 3. The Hall–Kier alpha value is -2.41. The van der Waals surface area contributed by atoms with Crippen molar-refractivity contribution in [1.82, 2.24) is 0 Å². The van der Waals surface area contributed by atoms with Crippen LogP contribution in [-0.2, 0) is 4.79 Å². The summed E-state index contributed by atoms with van der Waals surface area (Å²) >= 11 is 0. The van der Waals surface area contributed by atoms with E-state index < -0.39 is 11.9 Å². The number of amides is 1. The number of benzene rings is 1. The van der Waals surface area contributed by atoms with Gasteiger partial charge in [-0.3, -0.25) is 4.79 Å². The zero-order valence-electron chi connectivity index (χ0n) is 11.5. The molecule has 1 amide bonds. The number of carbonyl (C=O) groups excluding carboxylic acids is 1. The molecular formula is C14H18N2O5. The summed E-state index contributed by atoms with van der Waals surface area (Å²) in [5.41, 5.74) is 5.14. The Balaban J connectivity index is 2.75. The van der Waals surface area contributed by atoms with Crippen LogP contribution in [0.15, 0.2) is 18.2 Å². The van der Waals surface area contributed by atoms with Gasteiger partial charge in [-0.1, -0.05) is 6.42 Å². The van der Waals surface area contributed by atoms with Crippen LogP contribution in [0.4, 0.5) is 5.69 Å². The van der Waals surface area contributed by atoms with Crippen molar-refractivity contribution in [3.8, 4) is 0 Å². The van der Waals surface area contributed by atoms with Crippen LogP contribution in [0.1, 0.15) is 46.4 Å². The van der Waals surface area contributed by atoms with Crippen molar-refractivity contribution < 1.29 is 24.6 Å². The molecule has 0 aliphatic rings. The van der Waals surface area contributed by atoms with E-state index in [1.807, 2.05) is 0 Å². The van der Waals surface area contributed by atoms with Crippen molar-refractivity contribution in [1.29, 1.82) is 0 Å². The first kappa shape index (κ1) is 16.6. The molecule has 7 nitrogen and oxygen atoms in total. The van der Waals surface area contributed by atoms with E-state index in [-0.39, 0.29) is 29.1 Å². The summed E-state index contributed by atoms with van der Waals surface area (Å²) in [5, 5.41) is 20.4. The van der Waals surface area contributed by atoms with Crippen LogP contribution in [-0.4, -0.2) is 34.6 Å². The van der Waals surface area contributed by atoms with Crippen LogP contribution in [0, 0.1) is 0 Å². The molecule has 5 N–H and O–H groups in total. The highest BCUT2D eigenvalue weighted by molar-refractivity contribution is 5.98. The predicted molar refractivity (Wildman–Crippen MR) is 76.5 cm³/mol. The normalized spacial score (nSPS) is 10.1. The number of hydrogen-bond donors (Lipinski definition) is 4. The maximum Gasteiger partial charge on any atom is 0.335 e. The van der Waals surface area contributed by atoms with Crippen molar-refractivity contribution in [2.75, 3.05) is 11.9 Å². The molecule has 0 unspecified atom stereocenters. The van der Waals surface area contributed by atoms with Gasteiger partial charge in [-0.15, -0.1) is 0 Å². The van der Waals surface area contributed by atoms with Gasteiger partial charge in [0.05, 0.1) is 11.1 Å². The predicted octanol–water partition coefficient (Wildman–Crippen LogP) is 1.54. The largest absolute Gasteiger partial charge is 0.478 e. The van der Waals surface area contributed by atoms with Gasteiger partial charge in [0.25, 0.3) is 0 Å². The zero-order chi connectivity index (χ0) is 15.8. The van der Waals surface area contributed by atoms with Crippen molar-refractivity contribution in [2.45, 2.75) is 25.7 Å². The van der Waals surface area contributed by atoms with Gasteiger partial charge in [0.2, 0.25) is 5.91 Å². The first-order valence-corrected chi connectivity index (χ1v) is 6.55. The van der Waals surface area contributed by atoms with E-state index in [1.165, 1.54) is 12.1 Å². The first-order valence-electron chi connectivity index (χ1n) is 6.55. The molecule has 1 rings (SSSR count). The maximum absolute atomic E-state index is 11.7. The molecule has 0 saturated heterocycles. The summed E-state index contributed by atoms with van der Waals surface area (Å²) in [6, 6.07) is 3.50. The molecule has 0 saturated carbocycles. The lowest BCUT2D eigenvalue weighted by atomic mass is 10.1. The third kappa shape index (κ3) is 5.62. The summed E-state index contributed by atoms with van der Waals surface area (Å²) < 4.78 is 0. The van der Waals surface area contributed by atoms with E-state index >= 15 is 0 Å². The van der Waals surface area contributed by atoms with Crippen LogP contribution in [0.2, 0.25) is 0 Å². The summed E-state index contributed by atoms with van der Waals surface area (Å²) in [5.74, 6) is -2.79. The topological polar surface area (TPSA) is 130 Å². The Morgan fingerprint density at radius 1 is 0.952 bits per heavy atom. The number of carboxylic acids is 2. The van der Waals surface area contributed by atoms with Gasteiger partial charge in [-0.25, -0.2) is 9.59 Å². The lowest BCUT2D eigenvalue weighted by molar-refractivity contribution is -0.116. The second-order valence-corrected chi connectivity index (χ2v) is 4.56. The number of unbranched alkanes of at least 4 members (excludes halogenated alkanes) is 2. The molecule has 0 spiro atoms. The molecular weight excluding hydrogens is 276 g/mol. The zero-order valence-corrected chi connectivity index (χ0v) is 11.5. The summed E-state index contributed by atoms with van der Waals surface area (Å²) in [6.07, 6.45) is 2.62. The van der Waals surface area contributed by atoms with E-state index in [0.29, 0.717) is 13.0 Å². The number of carboxylic acid groups (broad SMARTS) is 2. The van der Waals surface area contributed by atoms with Crippen LogP contribution in [0.5, 0.6) is 0 Å². The van der Waals surface area contributed by atoms with E-state index in [0.717, 1.165) is 18.9 Å². The van der Waals surface area contributed by atoms with E-state index in [1.54, 1.807) is 0 Å². The van der Waals surface area contributed by atoms with Gasteiger partial charge in [0, 0.05) is 12.1 Å². The van der Waals surface area contributed by atoms with E-state index in [9.17, 15) is 14.4 Å². The second kappa shape index (κ2) is 8.01. The van der Waals surface area contributed by atoms with Gasteiger partial charge in [-0.2, -0.15) is 0 Å². The van der Waals surface area contributed by atoms with Crippen LogP contribution < -0.4 is 11.1 Å². The van der Waals surface area contributed by atoms with E-state index in [4.69, 9.17) is 15.9 Å². The van der Waals surface area contributed by atoms with Gasteiger partial charge in [0.15, 0.2) is 0 Å². The number of hydrogen-bond acceptors (Lipinski definition) is 4. The SMILES string of the molecule is NCCCCCC(=O)Nc1cc(C(=O)O)cc(C(=O)O)c1. The lowest BCUT2D eigenvalue weighted by Crippen LogP contribution is -2.13. The third-order valence-electron chi connectivity index (χ3n) is 2.82. The monoisotopic (exact) mass is 294 g/mol. The van der Waals surface area contributed by atoms with Crippen molar-refractivity contribution in [2.24, 2.45) is 5.73 Å². The number of nitrogens with one attached hydrogen (secondary N) is 1. The molecule has 0 aliphatic carbocycles. The van der Waals surface area contributed by atoms with Gasteiger partial charge >= 0.3 is 11.9 Å². The molecule has 0 radical (unpaired) electrons. The Kier molecular flexibility index (Phi) is 6.35. The molecule has 0 aliphatic heterocycles. The highest BCUT2D eigenvalue weighted by Crippen LogP contribution is 2.16. The van der Waals surface area contributed by atoms with Gasteiger partial charge < -0.3 is 21.3 Å². The van der Waals surface area contributed by atoms with Crippen molar-refractivity contribution >= 4 is 23.5 Å². The van der Waals surface area contributed by atoms with Gasteiger partial charge in [0.1, 0.15) is 0 Å². The molecule has 114 valence electrons. The highest BCUT2D eigenvalue weighted by Gasteiger charge is 2.12. The molecule has 0 fully saturated rings. The first-order chi connectivity index (χ1) is 9.93. The Morgan fingerprint density at radius 2 is 1.52 bits per heavy atom. The van der Waals surface area contributed by atoms with Crippen LogP contribution in [0.25, 0.3) is 0 Å². The fraction of sp³-hybridized carbons (Fsp3) is 0.357. The van der Waals surface area contributed by atoms with Crippen molar-refractivity contribution in [3.05, 3.63) is 29.3 Å². The minimum atomic E-state index is -1.25. The number of rotatable bonds is 8. The van der Waals surface area contributed by atoms with Crippen LogP contribution in [0.3, 0.4) is 0 Å². The number of aromatic carboxylic acids is 2. The minimum absolute atomic E-state index is 0.163. The average Bonchev–Trinajstić information content (AvgIpc) is 2.43. The minimum Gasteiger partial charge on any atom is -0.478 e. The molecule has 7 heteroatoms. The third-order valence-corrected chi connectivity index (χ3v) is 2.82.